The van der Waals surface area contributed by atoms with Gasteiger partial charge in [0, 0.05) is 18.2 Å². The van der Waals surface area contributed by atoms with Crippen molar-refractivity contribution < 1.29 is 19.3 Å². The average molecular weight is 262 g/mol. The van der Waals surface area contributed by atoms with E-state index in [1.54, 1.807) is 25.3 Å². The van der Waals surface area contributed by atoms with E-state index in [1.165, 1.54) is 12.1 Å². The minimum Gasteiger partial charge on any atom is -0.507 e. The van der Waals surface area contributed by atoms with Crippen molar-refractivity contribution in [1.29, 1.82) is 0 Å². The molecule has 0 aliphatic rings. The summed E-state index contributed by atoms with van der Waals surface area (Å²) >= 11 is 0. The van der Waals surface area contributed by atoms with Crippen molar-refractivity contribution in [3.8, 4) is 22.6 Å². The van der Waals surface area contributed by atoms with Gasteiger partial charge in [0.2, 0.25) is 0 Å². The van der Waals surface area contributed by atoms with Crippen molar-refractivity contribution in [2.75, 3.05) is 13.7 Å². The van der Waals surface area contributed by atoms with E-state index in [0.29, 0.717) is 17.7 Å². The van der Waals surface area contributed by atoms with Crippen molar-refractivity contribution in [3.63, 3.8) is 0 Å². The molecule has 0 aromatic heterocycles. The van der Waals surface area contributed by atoms with E-state index < -0.39 is 5.82 Å². The van der Waals surface area contributed by atoms with Gasteiger partial charge in [-0.2, -0.15) is 0 Å². The summed E-state index contributed by atoms with van der Waals surface area (Å²) in [6.07, 6.45) is 0.434. The Kier molecular flexibility index (Phi) is 4.02. The van der Waals surface area contributed by atoms with Gasteiger partial charge in [-0.15, -0.1) is 0 Å². The number of halogens is 1. The number of aromatic hydroxyl groups is 1. The fourth-order valence-corrected chi connectivity index (χ4v) is 2.02. The van der Waals surface area contributed by atoms with E-state index in [0.717, 1.165) is 17.2 Å². The van der Waals surface area contributed by atoms with Crippen LogP contribution in [0.2, 0.25) is 0 Å². The quantitative estimate of drug-likeness (QED) is 0.890. The number of phenolic OH excluding ortho intramolecular Hbond substituents is 1. The zero-order chi connectivity index (χ0) is 13.8. The number of aliphatic hydroxyl groups excluding tert-OH is 1. The van der Waals surface area contributed by atoms with Crippen LogP contribution in [-0.2, 0) is 6.42 Å². The highest BCUT2D eigenvalue weighted by Gasteiger charge is 2.11. The minimum atomic E-state index is -0.488. The molecule has 0 heterocycles. The van der Waals surface area contributed by atoms with Gasteiger partial charge in [0.05, 0.1) is 7.11 Å². The molecule has 0 radical (unpaired) electrons. The summed E-state index contributed by atoms with van der Waals surface area (Å²) in [6.45, 7) is -0.0118. The zero-order valence-electron chi connectivity index (χ0n) is 10.6. The van der Waals surface area contributed by atoms with Crippen molar-refractivity contribution in [2.45, 2.75) is 6.42 Å². The second-order valence-electron chi connectivity index (χ2n) is 4.16. The van der Waals surface area contributed by atoms with Gasteiger partial charge in [0.25, 0.3) is 0 Å². The van der Waals surface area contributed by atoms with E-state index in [1.807, 2.05) is 0 Å². The molecule has 0 unspecified atom stereocenters. The Hall–Kier alpha value is -2.07. The fraction of sp³-hybridized carbons (Fsp3) is 0.200. The number of rotatable bonds is 4. The van der Waals surface area contributed by atoms with Crippen LogP contribution < -0.4 is 4.74 Å². The van der Waals surface area contributed by atoms with E-state index in [2.05, 4.69) is 0 Å². The zero-order valence-corrected chi connectivity index (χ0v) is 10.6. The predicted octanol–water partition coefficient (Wildman–Crippen LogP) is 2.74. The fourth-order valence-electron chi connectivity index (χ4n) is 2.02. The third kappa shape index (κ3) is 2.85. The highest BCUT2D eigenvalue weighted by atomic mass is 19.1. The summed E-state index contributed by atoms with van der Waals surface area (Å²) in [7, 11) is 1.56. The summed E-state index contributed by atoms with van der Waals surface area (Å²) in [5.74, 6) is 0.0663. The smallest absolute Gasteiger partial charge is 0.126 e. The van der Waals surface area contributed by atoms with Crippen LogP contribution in [0.4, 0.5) is 4.39 Å². The highest BCUT2D eigenvalue weighted by Crippen LogP contribution is 2.34. The highest BCUT2D eigenvalue weighted by molar-refractivity contribution is 5.73. The van der Waals surface area contributed by atoms with E-state index in [-0.39, 0.29) is 12.4 Å². The molecule has 2 N–H and O–H groups in total. The van der Waals surface area contributed by atoms with Crippen LogP contribution in [0.1, 0.15) is 5.56 Å². The molecule has 0 bridgehead atoms. The van der Waals surface area contributed by atoms with Crippen molar-refractivity contribution in [1.82, 2.24) is 0 Å². The molecular weight excluding hydrogens is 247 g/mol. The molecule has 0 saturated carbocycles. The van der Waals surface area contributed by atoms with Gasteiger partial charge < -0.3 is 14.9 Å². The normalized spacial score (nSPS) is 10.5. The van der Waals surface area contributed by atoms with Crippen LogP contribution in [0, 0.1) is 5.82 Å². The third-order valence-corrected chi connectivity index (χ3v) is 2.94. The summed E-state index contributed by atoms with van der Waals surface area (Å²) in [6, 6.07) is 9.24. The van der Waals surface area contributed by atoms with Crippen LogP contribution in [0.25, 0.3) is 11.1 Å². The molecule has 4 heteroatoms. The second-order valence-corrected chi connectivity index (χ2v) is 4.16. The Labute approximate surface area is 110 Å². The van der Waals surface area contributed by atoms with Crippen molar-refractivity contribution in [3.05, 3.63) is 47.8 Å². The first kappa shape index (κ1) is 13.4. The number of aliphatic hydroxyl groups is 1. The van der Waals surface area contributed by atoms with Crippen LogP contribution >= 0.6 is 0 Å². The van der Waals surface area contributed by atoms with E-state index >= 15 is 0 Å². The molecular formula is C15H15FO3. The molecule has 0 fully saturated rings. The Morgan fingerprint density at radius 2 is 1.84 bits per heavy atom. The summed E-state index contributed by atoms with van der Waals surface area (Å²) in [5, 5.41) is 18.9. The van der Waals surface area contributed by atoms with Gasteiger partial charge >= 0.3 is 0 Å². The van der Waals surface area contributed by atoms with Gasteiger partial charge in [-0.3, -0.25) is 0 Å². The largest absolute Gasteiger partial charge is 0.507 e. The average Bonchev–Trinajstić information content (AvgIpc) is 2.40. The van der Waals surface area contributed by atoms with Crippen molar-refractivity contribution in [2.24, 2.45) is 0 Å². The first-order valence-electron chi connectivity index (χ1n) is 5.92. The molecule has 2 aromatic carbocycles. The van der Waals surface area contributed by atoms with Crippen LogP contribution in [0.5, 0.6) is 11.5 Å². The van der Waals surface area contributed by atoms with Crippen molar-refractivity contribution >= 4 is 0 Å². The number of benzene rings is 2. The van der Waals surface area contributed by atoms with Gasteiger partial charge in [0.1, 0.15) is 17.3 Å². The summed E-state index contributed by atoms with van der Waals surface area (Å²) in [5.41, 5.74) is 2.13. The van der Waals surface area contributed by atoms with Crippen LogP contribution in [-0.4, -0.2) is 23.9 Å². The predicted molar refractivity (Wildman–Crippen MR) is 70.8 cm³/mol. The molecule has 0 atom stereocenters. The lowest BCUT2D eigenvalue weighted by Crippen LogP contribution is -1.96. The minimum absolute atomic E-state index is 0.0118. The van der Waals surface area contributed by atoms with Crippen LogP contribution in [0.3, 0.4) is 0 Å². The van der Waals surface area contributed by atoms with Gasteiger partial charge in [-0.05, 0) is 41.8 Å². The molecule has 2 aromatic rings. The first-order chi connectivity index (χ1) is 9.15. The molecule has 0 amide bonds. The summed E-state index contributed by atoms with van der Waals surface area (Å²) in [4.78, 5) is 0. The molecule has 0 spiro atoms. The number of hydrogen-bond acceptors (Lipinski definition) is 3. The number of ether oxygens (including phenoxy) is 1. The molecule has 0 aliphatic carbocycles. The Bertz CT molecular complexity index is 582. The SMILES string of the molecule is COc1ccc(-c2ccc(F)cc2O)c(CCO)c1. The Balaban J connectivity index is 2.54. The maximum Gasteiger partial charge on any atom is 0.126 e. The van der Waals surface area contributed by atoms with Gasteiger partial charge in [-0.1, -0.05) is 6.07 Å². The van der Waals surface area contributed by atoms with E-state index in [9.17, 15) is 9.50 Å². The maximum atomic E-state index is 13.0. The molecule has 0 aliphatic heterocycles. The molecule has 0 saturated heterocycles. The lowest BCUT2D eigenvalue weighted by atomic mass is 9.97. The first-order valence-corrected chi connectivity index (χ1v) is 5.92. The summed E-state index contributed by atoms with van der Waals surface area (Å²) < 4.78 is 18.1. The van der Waals surface area contributed by atoms with Crippen LogP contribution in [0.15, 0.2) is 36.4 Å². The topological polar surface area (TPSA) is 49.7 Å². The lowest BCUT2D eigenvalue weighted by molar-refractivity contribution is 0.299. The Morgan fingerprint density at radius 1 is 1.11 bits per heavy atom. The number of phenols is 1. The number of methoxy groups -OCH3 is 1. The third-order valence-electron chi connectivity index (χ3n) is 2.94. The van der Waals surface area contributed by atoms with Gasteiger partial charge in [-0.25, -0.2) is 4.39 Å². The monoisotopic (exact) mass is 262 g/mol. The molecule has 3 nitrogen and oxygen atoms in total. The molecule has 100 valence electrons. The molecule has 2 rings (SSSR count). The lowest BCUT2D eigenvalue weighted by Gasteiger charge is -2.12. The molecule has 19 heavy (non-hydrogen) atoms. The Morgan fingerprint density at radius 3 is 2.47 bits per heavy atom. The van der Waals surface area contributed by atoms with E-state index in [4.69, 9.17) is 9.84 Å². The van der Waals surface area contributed by atoms with Gasteiger partial charge in [0.15, 0.2) is 0 Å². The number of hydrogen-bond donors (Lipinski definition) is 2. The maximum absolute atomic E-state index is 13.0. The second kappa shape index (κ2) is 5.71. The standard InChI is InChI=1S/C15H15FO3/c1-19-12-3-5-13(10(8-12)6-7-17)14-4-2-11(16)9-15(14)18/h2-5,8-9,17-18H,6-7H2,1H3.